The van der Waals surface area contributed by atoms with Crippen LogP contribution in [0.15, 0.2) is 48.5 Å². The van der Waals surface area contributed by atoms with Crippen molar-refractivity contribution in [3.8, 4) is 5.75 Å². The Bertz CT molecular complexity index is 1050. The van der Waals surface area contributed by atoms with Gasteiger partial charge in [-0.3, -0.25) is 4.79 Å². The maximum Gasteiger partial charge on any atom is 0.232 e. The molecule has 0 bridgehead atoms. The van der Waals surface area contributed by atoms with E-state index in [-0.39, 0.29) is 11.3 Å². The quantitative estimate of drug-likeness (QED) is 0.710. The number of ether oxygens (including phenoxy) is 1. The number of amides is 1. The number of aryl methyl sites for hydroxylation is 1. The molecule has 1 spiro atoms. The Kier molecular flexibility index (Phi) is 6.34. The third kappa shape index (κ3) is 4.08. The Morgan fingerprint density at radius 2 is 1.86 bits per heavy atom. The maximum atomic E-state index is 14.5. The van der Waals surface area contributed by atoms with Crippen LogP contribution in [0, 0.1) is 18.8 Å². The Balaban J connectivity index is 1.31. The van der Waals surface area contributed by atoms with Gasteiger partial charge in [-0.2, -0.15) is 0 Å². The van der Waals surface area contributed by atoms with Crippen LogP contribution in [0.4, 0.5) is 0 Å². The van der Waals surface area contributed by atoms with Gasteiger partial charge in [0.2, 0.25) is 5.91 Å². The highest BCUT2D eigenvalue weighted by atomic mass is 16.5. The van der Waals surface area contributed by atoms with E-state index in [1.165, 1.54) is 48.8 Å². The second-order valence-electron chi connectivity index (χ2n) is 11.6. The van der Waals surface area contributed by atoms with Crippen molar-refractivity contribution in [1.82, 2.24) is 4.90 Å². The van der Waals surface area contributed by atoms with Crippen molar-refractivity contribution in [2.75, 3.05) is 26.2 Å². The molecule has 1 saturated carbocycles. The van der Waals surface area contributed by atoms with Gasteiger partial charge in [0.15, 0.2) is 0 Å². The molecule has 35 heavy (non-hydrogen) atoms. The van der Waals surface area contributed by atoms with Gasteiger partial charge in [0.05, 0.1) is 25.1 Å². The third-order valence-electron chi connectivity index (χ3n) is 9.81. The molecular weight excluding hydrogens is 432 g/mol. The second kappa shape index (κ2) is 9.61. The highest BCUT2D eigenvalue weighted by Gasteiger charge is 2.56. The first-order valence-electron chi connectivity index (χ1n) is 14.1. The predicted octanol–water partition coefficient (Wildman–Crippen LogP) is 4.56. The lowest BCUT2D eigenvalue weighted by molar-refractivity contribution is -0.640. The van der Waals surface area contributed by atoms with E-state index in [0.717, 1.165) is 51.3 Å². The van der Waals surface area contributed by atoms with Crippen LogP contribution >= 0.6 is 0 Å². The van der Waals surface area contributed by atoms with Gasteiger partial charge in [-0.05, 0) is 62.0 Å². The smallest absolute Gasteiger partial charge is 0.232 e. The average Bonchev–Trinajstić information content (AvgIpc) is 3.33. The molecule has 2 N–H and O–H groups in total. The van der Waals surface area contributed by atoms with Crippen molar-refractivity contribution in [3.05, 3.63) is 65.2 Å². The number of rotatable bonds is 3. The zero-order chi connectivity index (χ0) is 23.8. The molecule has 186 valence electrons. The first kappa shape index (κ1) is 23.1. The molecule has 1 aliphatic carbocycles. The van der Waals surface area contributed by atoms with Gasteiger partial charge < -0.3 is 15.0 Å². The largest absolute Gasteiger partial charge is 0.493 e. The molecule has 3 heterocycles. The molecule has 2 saturated heterocycles. The summed E-state index contributed by atoms with van der Waals surface area (Å²) in [5.41, 5.74) is 3.84. The van der Waals surface area contributed by atoms with E-state index in [1.807, 2.05) is 0 Å². The molecule has 4 atom stereocenters. The number of quaternary nitrogens is 1. The Morgan fingerprint density at radius 1 is 1.03 bits per heavy atom. The second-order valence-corrected chi connectivity index (χ2v) is 11.6. The predicted molar refractivity (Wildman–Crippen MR) is 139 cm³/mol. The van der Waals surface area contributed by atoms with Crippen LogP contribution in [0.5, 0.6) is 5.75 Å². The van der Waals surface area contributed by atoms with E-state index < -0.39 is 0 Å². The third-order valence-corrected chi connectivity index (χ3v) is 9.81. The van der Waals surface area contributed by atoms with Gasteiger partial charge in [-0.25, -0.2) is 0 Å². The molecule has 2 aromatic rings. The molecule has 4 nitrogen and oxygen atoms in total. The number of nitrogens with zero attached hydrogens (tertiary/aromatic N) is 1. The highest BCUT2D eigenvalue weighted by molar-refractivity contribution is 5.82. The summed E-state index contributed by atoms with van der Waals surface area (Å²) >= 11 is 0. The lowest BCUT2D eigenvalue weighted by Gasteiger charge is -2.47. The summed E-state index contributed by atoms with van der Waals surface area (Å²) in [6, 6.07) is 18.0. The normalized spacial score (nSPS) is 31.2. The molecule has 6 rings (SSSR count). The van der Waals surface area contributed by atoms with E-state index >= 15 is 0 Å². The van der Waals surface area contributed by atoms with E-state index in [9.17, 15) is 4.79 Å². The van der Waals surface area contributed by atoms with Crippen LogP contribution in [0.3, 0.4) is 0 Å². The van der Waals surface area contributed by atoms with Crippen LogP contribution in [0.2, 0.25) is 0 Å². The van der Waals surface area contributed by atoms with Crippen molar-refractivity contribution < 1.29 is 14.8 Å². The average molecular weight is 474 g/mol. The zero-order valence-corrected chi connectivity index (χ0v) is 21.3. The fraction of sp³-hybridized carbons (Fsp3) is 0.581. The number of hydrogen-bond donors (Lipinski definition) is 1. The van der Waals surface area contributed by atoms with E-state index in [4.69, 9.17) is 4.74 Å². The number of hydrogen-bond acceptors (Lipinski definition) is 2. The minimum absolute atomic E-state index is 0.0475. The minimum atomic E-state index is -0.0932. The maximum absolute atomic E-state index is 14.5. The van der Waals surface area contributed by atoms with Crippen molar-refractivity contribution in [3.63, 3.8) is 0 Å². The molecule has 3 aliphatic heterocycles. The number of likely N-dealkylation sites (tertiary alicyclic amines) is 1. The molecule has 1 amide bonds. The fourth-order valence-corrected chi connectivity index (χ4v) is 7.96. The first-order valence-corrected chi connectivity index (χ1v) is 14.1. The molecule has 4 aliphatic rings. The van der Waals surface area contributed by atoms with E-state index in [2.05, 4.69) is 65.7 Å². The van der Waals surface area contributed by atoms with E-state index in [1.54, 1.807) is 0 Å². The number of nitrogens with two attached hydrogens (primary N) is 1. The van der Waals surface area contributed by atoms with Crippen molar-refractivity contribution >= 4 is 5.91 Å². The SMILES string of the molecule is Cc1cccc2c1OCCC21C[NH2+]CC1C(=O)N1CCC(c2ccccc2)CC1C1CCCCC1. The monoisotopic (exact) mass is 473 g/mol. The molecule has 3 fully saturated rings. The molecule has 4 unspecified atom stereocenters. The number of para-hydroxylation sites is 1. The van der Waals surface area contributed by atoms with Crippen LogP contribution in [0.1, 0.15) is 74.0 Å². The molecule has 0 aromatic heterocycles. The molecule has 4 heteroatoms. The van der Waals surface area contributed by atoms with Crippen LogP contribution in [-0.2, 0) is 10.2 Å². The zero-order valence-electron chi connectivity index (χ0n) is 21.3. The van der Waals surface area contributed by atoms with Gasteiger partial charge in [-0.1, -0.05) is 67.8 Å². The summed E-state index contributed by atoms with van der Waals surface area (Å²) in [7, 11) is 0. The van der Waals surface area contributed by atoms with E-state index in [0.29, 0.717) is 23.8 Å². The number of benzene rings is 2. The summed E-state index contributed by atoms with van der Waals surface area (Å²) in [4.78, 5) is 16.9. The van der Waals surface area contributed by atoms with Crippen LogP contribution < -0.4 is 10.1 Å². The lowest BCUT2D eigenvalue weighted by atomic mass is 9.67. The molecule has 2 aromatic carbocycles. The summed E-state index contributed by atoms with van der Waals surface area (Å²) < 4.78 is 6.16. The van der Waals surface area contributed by atoms with Crippen molar-refractivity contribution in [2.45, 2.75) is 75.7 Å². The summed E-state index contributed by atoms with van der Waals surface area (Å²) in [6.45, 7) is 5.67. The lowest BCUT2D eigenvalue weighted by Crippen LogP contribution is -2.82. The van der Waals surface area contributed by atoms with Crippen LogP contribution in [0.25, 0.3) is 0 Å². The Labute approximate surface area is 210 Å². The Morgan fingerprint density at radius 3 is 2.69 bits per heavy atom. The standard InChI is InChI=1S/C31H40N2O2/c1-22-9-8-14-26-29(22)35-18-16-31(26)21-32-20-27(31)30(34)33-17-15-25(23-10-4-2-5-11-23)19-28(33)24-12-6-3-7-13-24/h2,4-5,8-11,14,24-25,27-28,32H,3,6-7,12-13,15-21H2,1H3/p+1. The Hall–Kier alpha value is -2.33. The first-order chi connectivity index (χ1) is 17.2. The van der Waals surface area contributed by atoms with Crippen molar-refractivity contribution in [2.24, 2.45) is 11.8 Å². The highest BCUT2D eigenvalue weighted by Crippen LogP contribution is 2.47. The summed E-state index contributed by atoms with van der Waals surface area (Å²) in [5.74, 6) is 2.74. The van der Waals surface area contributed by atoms with Gasteiger partial charge >= 0.3 is 0 Å². The molecule has 0 radical (unpaired) electrons. The number of piperidine rings is 1. The number of carbonyl (C=O) groups excluding carboxylic acids is 1. The van der Waals surface area contributed by atoms with Crippen LogP contribution in [-0.4, -0.2) is 43.1 Å². The van der Waals surface area contributed by atoms with Gasteiger partial charge in [0.25, 0.3) is 0 Å². The van der Waals surface area contributed by atoms with Gasteiger partial charge in [-0.15, -0.1) is 0 Å². The number of carbonyl (C=O) groups is 1. The van der Waals surface area contributed by atoms with Gasteiger partial charge in [0, 0.05) is 18.2 Å². The minimum Gasteiger partial charge on any atom is -0.493 e. The van der Waals surface area contributed by atoms with Gasteiger partial charge in [0.1, 0.15) is 11.7 Å². The molecular formula is C31H41N2O2+. The fourth-order valence-electron chi connectivity index (χ4n) is 7.96. The number of fused-ring (bicyclic) bond motifs is 2. The summed E-state index contributed by atoms with van der Waals surface area (Å²) in [5, 5.41) is 2.40. The summed E-state index contributed by atoms with van der Waals surface area (Å²) in [6.07, 6.45) is 9.74. The topological polar surface area (TPSA) is 46.1 Å². The van der Waals surface area contributed by atoms with Crippen molar-refractivity contribution in [1.29, 1.82) is 0 Å².